The van der Waals surface area contributed by atoms with Crippen LogP contribution in [0.25, 0.3) is 0 Å². The Bertz CT molecular complexity index is 576. The van der Waals surface area contributed by atoms with Crippen LogP contribution in [0, 0.1) is 6.92 Å². The van der Waals surface area contributed by atoms with E-state index in [4.69, 9.17) is 17.3 Å². The van der Waals surface area contributed by atoms with Gasteiger partial charge < -0.3 is 16.4 Å². The fourth-order valence-corrected chi connectivity index (χ4v) is 1.81. The number of anilines is 3. The molecular weight excluding hydrogens is 262 g/mol. The highest BCUT2D eigenvalue weighted by molar-refractivity contribution is 6.34. The third-order valence-corrected chi connectivity index (χ3v) is 2.91. The first-order valence-electron chi connectivity index (χ1n) is 5.75. The Labute approximate surface area is 116 Å². The van der Waals surface area contributed by atoms with Crippen molar-refractivity contribution in [2.24, 2.45) is 0 Å². The summed E-state index contributed by atoms with van der Waals surface area (Å²) in [6.07, 6.45) is 0. The number of aryl methyl sites for hydroxylation is 1. The zero-order valence-electron chi connectivity index (χ0n) is 10.4. The molecule has 0 aliphatic carbocycles. The van der Waals surface area contributed by atoms with Gasteiger partial charge in [-0.3, -0.25) is 0 Å². The second-order valence-electron chi connectivity index (χ2n) is 4.15. The van der Waals surface area contributed by atoms with E-state index in [1.54, 1.807) is 18.2 Å². The predicted octanol–water partition coefficient (Wildman–Crippen LogP) is 3.87. The number of nitrogen functional groups attached to an aromatic ring is 1. The Kier molecular flexibility index (Phi) is 3.92. The molecule has 19 heavy (non-hydrogen) atoms. The topological polar surface area (TPSA) is 67.2 Å². The fourth-order valence-electron chi connectivity index (χ4n) is 1.59. The van der Waals surface area contributed by atoms with Gasteiger partial charge >= 0.3 is 6.03 Å². The fraction of sp³-hybridized carbons (Fsp3) is 0.0714. The number of para-hydroxylation sites is 1. The van der Waals surface area contributed by atoms with Crippen molar-refractivity contribution in [3.05, 3.63) is 53.1 Å². The second kappa shape index (κ2) is 5.63. The van der Waals surface area contributed by atoms with Gasteiger partial charge in [-0.25, -0.2) is 4.79 Å². The van der Waals surface area contributed by atoms with Crippen LogP contribution in [0.15, 0.2) is 42.5 Å². The number of hydrogen-bond acceptors (Lipinski definition) is 2. The summed E-state index contributed by atoms with van der Waals surface area (Å²) in [4.78, 5) is 11.8. The van der Waals surface area contributed by atoms with E-state index in [1.807, 2.05) is 31.2 Å². The Morgan fingerprint density at radius 1 is 1.11 bits per heavy atom. The van der Waals surface area contributed by atoms with Crippen LogP contribution in [0.1, 0.15) is 5.56 Å². The third kappa shape index (κ3) is 3.39. The van der Waals surface area contributed by atoms with Gasteiger partial charge in [-0.15, -0.1) is 0 Å². The summed E-state index contributed by atoms with van der Waals surface area (Å²) in [5, 5.41) is 5.74. The van der Waals surface area contributed by atoms with Crippen molar-refractivity contribution >= 4 is 34.7 Å². The molecule has 0 aromatic heterocycles. The number of carbonyl (C=O) groups excluding carboxylic acids is 1. The number of rotatable bonds is 2. The predicted molar refractivity (Wildman–Crippen MR) is 79.7 cm³/mol. The molecule has 4 N–H and O–H groups in total. The summed E-state index contributed by atoms with van der Waals surface area (Å²) >= 11 is 5.97. The van der Waals surface area contributed by atoms with Gasteiger partial charge in [-0.1, -0.05) is 35.4 Å². The van der Waals surface area contributed by atoms with Gasteiger partial charge in [0.15, 0.2) is 0 Å². The van der Waals surface area contributed by atoms with Crippen LogP contribution < -0.4 is 16.4 Å². The maximum absolute atomic E-state index is 11.8. The molecule has 0 unspecified atom stereocenters. The lowest BCUT2D eigenvalue weighted by Crippen LogP contribution is -2.20. The molecule has 0 aliphatic heterocycles. The molecule has 2 aromatic rings. The van der Waals surface area contributed by atoms with Crippen LogP contribution in [0.2, 0.25) is 5.02 Å². The van der Waals surface area contributed by atoms with Crippen molar-refractivity contribution in [1.82, 2.24) is 0 Å². The molecule has 0 saturated carbocycles. The van der Waals surface area contributed by atoms with Crippen LogP contribution in [-0.2, 0) is 0 Å². The number of nitrogens with one attached hydrogen (secondary N) is 2. The van der Waals surface area contributed by atoms with Gasteiger partial charge in [0, 0.05) is 5.69 Å². The Hall–Kier alpha value is -2.20. The van der Waals surface area contributed by atoms with Gasteiger partial charge in [-0.05, 0) is 31.2 Å². The van der Waals surface area contributed by atoms with E-state index in [-0.39, 0.29) is 6.03 Å². The molecule has 0 radical (unpaired) electrons. The molecule has 0 atom stereocenters. The van der Waals surface area contributed by atoms with Gasteiger partial charge in [0.1, 0.15) is 0 Å². The molecular formula is C14H14ClN3O. The lowest BCUT2D eigenvalue weighted by Gasteiger charge is -2.11. The second-order valence-corrected chi connectivity index (χ2v) is 4.56. The van der Waals surface area contributed by atoms with E-state index in [0.717, 1.165) is 5.56 Å². The normalized spacial score (nSPS) is 10.0. The minimum Gasteiger partial charge on any atom is -0.397 e. The summed E-state index contributed by atoms with van der Waals surface area (Å²) < 4.78 is 0. The van der Waals surface area contributed by atoms with Gasteiger partial charge in [-0.2, -0.15) is 0 Å². The van der Waals surface area contributed by atoms with Gasteiger partial charge in [0.2, 0.25) is 0 Å². The number of nitrogens with two attached hydrogens (primary N) is 1. The first-order chi connectivity index (χ1) is 9.06. The first kappa shape index (κ1) is 13.2. The molecule has 0 heterocycles. The lowest BCUT2D eigenvalue weighted by molar-refractivity contribution is 0.262. The van der Waals surface area contributed by atoms with E-state index in [0.29, 0.717) is 22.1 Å². The zero-order valence-corrected chi connectivity index (χ0v) is 11.2. The first-order valence-corrected chi connectivity index (χ1v) is 6.13. The SMILES string of the molecule is Cc1ccc(NC(=O)Nc2c(N)cccc2Cl)cc1. The van der Waals surface area contributed by atoms with E-state index >= 15 is 0 Å². The van der Waals surface area contributed by atoms with Gasteiger partial charge in [0.25, 0.3) is 0 Å². The van der Waals surface area contributed by atoms with E-state index < -0.39 is 0 Å². The number of amides is 2. The Morgan fingerprint density at radius 2 is 1.79 bits per heavy atom. The summed E-state index contributed by atoms with van der Waals surface area (Å²) in [6.45, 7) is 1.98. The molecule has 4 nitrogen and oxygen atoms in total. The van der Waals surface area contributed by atoms with Crippen molar-refractivity contribution in [2.75, 3.05) is 16.4 Å². The lowest BCUT2D eigenvalue weighted by atomic mass is 10.2. The van der Waals surface area contributed by atoms with Crippen molar-refractivity contribution in [3.63, 3.8) is 0 Å². The molecule has 0 fully saturated rings. The molecule has 2 aromatic carbocycles. The maximum atomic E-state index is 11.8. The van der Waals surface area contributed by atoms with Crippen LogP contribution in [0.5, 0.6) is 0 Å². The standard InChI is InChI=1S/C14H14ClN3O/c1-9-5-7-10(8-6-9)17-14(19)18-13-11(15)3-2-4-12(13)16/h2-8H,16H2,1H3,(H2,17,18,19). The largest absolute Gasteiger partial charge is 0.397 e. The van der Waals surface area contributed by atoms with Crippen LogP contribution in [0.4, 0.5) is 21.9 Å². The monoisotopic (exact) mass is 275 g/mol. The molecule has 98 valence electrons. The molecule has 0 aliphatic rings. The number of carbonyl (C=O) groups is 1. The molecule has 2 rings (SSSR count). The van der Waals surface area contributed by atoms with Crippen LogP contribution in [-0.4, -0.2) is 6.03 Å². The quantitative estimate of drug-likeness (QED) is 0.728. The number of benzene rings is 2. The van der Waals surface area contributed by atoms with Crippen molar-refractivity contribution < 1.29 is 4.79 Å². The minimum absolute atomic E-state index is 0.386. The molecule has 5 heteroatoms. The Balaban J connectivity index is 2.07. The number of urea groups is 1. The molecule has 0 bridgehead atoms. The summed E-state index contributed by atoms with van der Waals surface area (Å²) in [6, 6.07) is 12.2. The molecule has 2 amide bonds. The van der Waals surface area contributed by atoms with E-state index in [9.17, 15) is 4.79 Å². The van der Waals surface area contributed by atoms with Crippen LogP contribution >= 0.6 is 11.6 Å². The average molecular weight is 276 g/mol. The highest BCUT2D eigenvalue weighted by Crippen LogP contribution is 2.27. The van der Waals surface area contributed by atoms with Crippen molar-refractivity contribution in [1.29, 1.82) is 0 Å². The van der Waals surface area contributed by atoms with Crippen molar-refractivity contribution in [3.8, 4) is 0 Å². The number of halogens is 1. The highest BCUT2D eigenvalue weighted by Gasteiger charge is 2.08. The smallest absolute Gasteiger partial charge is 0.323 e. The van der Waals surface area contributed by atoms with E-state index in [2.05, 4.69) is 10.6 Å². The van der Waals surface area contributed by atoms with E-state index in [1.165, 1.54) is 0 Å². The molecule has 0 spiro atoms. The summed E-state index contributed by atoms with van der Waals surface area (Å²) in [5.41, 5.74) is 8.42. The number of hydrogen-bond donors (Lipinski definition) is 3. The third-order valence-electron chi connectivity index (χ3n) is 2.59. The Morgan fingerprint density at radius 3 is 2.42 bits per heavy atom. The highest BCUT2D eigenvalue weighted by atomic mass is 35.5. The average Bonchev–Trinajstić information content (AvgIpc) is 2.37. The maximum Gasteiger partial charge on any atom is 0.323 e. The summed E-state index contributed by atoms with van der Waals surface area (Å²) in [7, 11) is 0. The summed E-state index contributed by atoms with van der Waals surface area (Å²) in [5.74, 6) is 0. The molecule has 0 saturated heterocycles. The van der Waals surface area contributed by atoms with Crippen LogP contribution in [0.3, 0.4) is 0 Å². The van der Waals surface area contributed by atoms with Crippen molar-refractivity contribution in [2.45, 2.75) is 6.92 Å². The van der Waals surface area contributed by atoms with Gasteiger partial charge in [0.05, 0.1) is 16.4 Å². The minimum atomic E-state index is -0.386. The zero-order chi connectivity index (χ0) is 13.8.